The van der Waals surface area contributed by atoms with Crippen molar-refractivity contribution in [2.24, 2.45) is 0 Å². The summed E-state index contributed by atoms with van der Waals surface area (Å²) in [6.45, 7) is 4.18. The molecule has 0 spiro atoms. The number of carbonyl (C=O) groups excluding carboxylic acids is 1. The van der Waals surface area contributed by atoms with E-state index in [4.69, 9.17) is 4.74 Å². The van der Waals surface area contributed by atoms with E-state index in [1.54, 1.807) is 6.07 Å². The van der Waals surface area contributed by atoms with Crippen molar-refractivity contribution in [1.82, 2.24) is 9.29 Å². The van der Waals surface area contributed by atoms with E-state index in [9.17, 15) is 13.2 Å². The summed E-state index contributed by atoms with van der Waals surface area (Å²) in [4.78, 5) is 15.0. The van der Waals surface area contributed by atoms with Crippen LogP contribution in [0.4, 0.5) is 5.69 Å². The van der Waals surface area contributed by atoms with Crippen LogP contribution in [0.25, 0.3) is 16.5 Å². The number of benzene rings is 2. The van der Waals surface area contributed by atoms with Gasteiger partial charge >= 0.3 is 0 Å². The lowest BCUT2D eigenvalue weighted by Crippen LogP contribution is -2.34. The van der Waals surface area contributed by atoms with E-state index in [-0.39, 0.29) is 10.8 Å². The molecule has 1 amide bonds. The zero-order valence-electron chi connectivity index (χ0n) is 18.4. The van der Waals surface area contributed by atoms with E-state index in [0.29, 0.717) is 30.9 Å². The van der Waals surface area contributed by atoms with Gasteiger partial charge < -0.3 is 15.0 Å². The van der Waals surface area contributed by atoms with Gasteiger partial charge in [-0.15, -0.1) is 0 Å². The molecule has 7 nitrogen and oxygen atoms in total. The molecule has 1 aliphatic rings. The first kappa shape index (κ1) is 22.1. The first-order valence-corrected chi connectivity index (χ1v) is 12.0. The minimum Gasteiger partial charge on any atom is -0.495 e. The number of amides is 1. The molecule has 0 unspecified atom stereocenters. The highest BCUT2D eigenvalue weighted by Crippen LogP contribution is 2.33. The number of aromatic nitrogens is 1. The molecule has 0 bridgehead atoms. The summed E-state index contributed by atoms with van der Waals surface area (Å²) < 4.78 is 33.2. The number of fused-ring (bicyclic) bond motifs is 1. The Morgan fingerprint density at radius 3 is 2.72 bits per heavy atom. The zero-order valence-corrected chi connectivity index (χ0v) is 19.3. The Bertz CT molecular complexity index is 1310. The minimum atomic E-state index is -3.72. The average Bonchev–Trinajstić information content (AvgIpc) is 3.23. The van der Waals surface area contributed by atoms with Gasteiger partial charge in [0.2, 0.25) is 15.9 Å². The molecule has 3 aromatic rings. The number of ether oxygens (including phenoxy) is 1. The SMILES string of the molecule is CCc1cccc2c(C3=CCN(S(=O)(=O)c4ccc(OC)c(NC(C)=O)c4)CC3)c[nH]c12. The summed E-state index contributed by atoms with van der Waals surface area (Å²) in [5, 5.41) is 3.80. The second-order valence-electron chi connectivity index (χ2n) is 7.78. The van der Waals surface area contributed by atoms with Gasteiger partial charge in [0.05, 0.1) is 17.7 Å². The van der Waals surface area contributed by atoms with Crippen LogP contribution < -0.4 is 10.1 Å². The maximum Gasteiger partial charge on any atom is 0.243 e. The monoisotopic (exact) mass is 453 g/mol. The Kier molecular flexibility index (Phi) is 6.08. The smallest absolute Gasteiger partial charge is 0.243 e. The molecule has 2 aromatic carbocycles. The van der Waals surface area contributed by atoms with Crippen LogP contribution in [0, 0.1) is 0 Å². The third-order valence-electron chi connectivity index (χ3n) is 5.82. The van der Waals surface area contributed by atoms with E-state index in [1.807, 2.05) is 12.3 Å². The quantitative estimate of drug-likeness (QED) is 0.586. The van der Waals surface area contributed by atoms with Crippen LogP contribution in [-0.4, -0.2) is 43.8 Å². The number of para-hydroxylation sites is 1. The van der Waals surface area contributed by atoms with Gasteiger partial charge in [-0.3, -0.25) is 4.79 Å². The molecule has 0 saturated heterocycles. The van der Waals surface area contributed by atoms with Crippen LogP contribution in [0.1, 0.15) is 31.4 Å². The molecule has 2 N–H and O–H groups in total. The molecule has 0 fully saturated rings. The summed E-state index contributed by atoms with van der Waals surface area (Å²) in [5.41, 5.74) is 5.02. The van der Waals surface area contributed by atoms with Gasteiger partial charge in [0.15, 0.2) is 0 Å². The van der Waals surface area contributed by atoms with Crippen molar-refractivity contribution in [3.63, 3.8) is 0 Å². The second-order valence-corrected chi connectivity index (χ2v) is 9.72. The molecule has 1 aromatic heterocycles. The maximum absolute atomic E-state index is 13.3. The van der Waals surface area contributed by atoms with Crippen LogP contribution in [0.15, 0.2) is 53.6 Å². The van der Waals surface area contributed by atoms with Crippen molar-refractivity contribution >= 4 is 38.1 Å². The predicted molar refractivity (Wildman–Crippen MR) is 126 cm³/mol. The number of H-pyrrole nitrogens is 1. The Morgan fingerprint density at radius 1 is 1.25 bits per heavy atom. The van der Waals surface area contributed by atoms with Crippen LogP contribution in [0.5, 0.6) is 5.75 Å². The van der Waals surface area contributed by atoms with Crippen molar-refractivity contribution < 1.29 is 17.9 Å². The van der Waals surface area contributed by atoms with Crippen molar-refractivity contribution in [2.45, 2.75) is 31.6 Å². The van der Waals surface area contributed by atoms with Gasteiger partial charge in [-0.05, 0) is 42.2 Å². The number of hydrogen-bond donors (Lipinski definition) is 2. The van der Waals surface area contributed by atoms with E-state index in [1.165, 1.54) is 41.4 Å². The number of methoxy groups -OCH3 is 1. The van der Waals surface area contributed by atoms with Crippen molar-refractivity contribution in [3.8, 4) is 5.75 Å². The first-order chi connectivity index (χ1) is 15.3. The largest absolute Gasteiger partial charge is 0.495 e. The molecule has 0 radical (unpaired) electrons. The van der Waals surface area contributed by atoms with Gasteiger partial charge in [0.25, 0.3) is 0 Å². The number of sulfonamides is 1. The van der Waals surface area contributed by atoms with Gasteiger partial charge in [-0.2, -0.15) is 4.31 Å². The van der Waals surface area contributed by atoms with E-state index >= 15 is 0 Å². The van der Waals surface area contributed by atoms with Gasteiger partial charge in [-0.25, -0.2) is 8.42 Å². The fraction of sp³-hybridized carbons (Fsp3) is 0.292. The Balaban J connectivity index is 1.60. The molecular formula is C24H27N3O4S. The fourth-order valence-electron chi connectivity index (χ4n) is 4.17. The summed E-state index contributed by atoms with van der Waals surface area (Å²) in [6.07, 6.45) is 5.57. The number of aryl methyl sites for hydroxylation is 1. The Hall–Kier alpha value is -3.10. The summed E-state index contributed by atoms with van der Waals surface area (Å²) in [5.74, 6) is 0.110. The number of hydrogen-bond acceptors (Lipinski definition) is 4. The molecule has 32 heavy (non-hydrogen) atoms. The molecule has 1 aliphatic heterocycles. The molecule has 8 heteroatoms. The lowest BCUT2D eigenvalue weighted by Gasteiger charge is -2.26. The first-order valence-electron chi connectivity index (χ1n) is 10.6. The fourth-order valence-corrected chi connectivity index (χ4v) is 5.58. The normalized spacial score (nSPS) is 14.9. The zero-order chi connectivity index (χ0) is 22.9. The molecule has 168 valence electrons. The van der Waals surface area contributed by atoms with Gasteiger partial charge in [0.1, 0.15) is 5.75 Å². The van der Waals surface area contributed by atoms with Crippen molar-refractivity contribution in [1.29, 1.82) is 0 Å². The van der Waals surface area contributed by atoms with Crippen LogP contribution >= 0.6 is 0 Å². The van der Waals surface area contributed by atoms with Gasteiger partial charge in [-0.1, -0.05) is 31.2 Å². The van der Waals surface area contributed by atoms with E-state index < -0.39 is 10.0 Å². The molecular weight excluding hydrogens is 426 g/mol. The van der Waals surface area contributed by atoms with Gasteiger partial charge in [0, 0.05) is 42.7 Å². The topological polar surface area (TPSA) is 91.5 Å². The number of anilines is 1. The average molecular weight is 454 g/mol. The third-order valence-corrected chi connectivity index (χ3v) is 7.68. The van der Waals surface area contributed by atoms with Crippen LogP contribution in [-0.2, 0) is 21.2 Å². The number of nitrogens with one attached hydrogen (secondary N) is 2. The molecule has 0 atom stereocenters. The lowest BCUT2D eigenvalue weighted by molar-refractivity contribution is -0.114. The number of carbonyl (C=O) groups is 1. The van der Waals surface area contributed by atoms with E-state index in [2.05, 4.69) is 35.4 Å². The highest BCUT2D eigenvalue weighted by atomic mass is 32.2. The maximum atomic E-state index is 13.3. The highest BCUT2D eigenvalue weighted by Gasteiger charge is 2.28. The Labute approximate surface area is 188 Å². The predicted octanol–water partition coefficient (Wildman–Crippen LogP) is 4.18. The minimum absolute atomic E-state index is 0.124. The number of nitrogens with zero attached hydrogens (tertiary/aromatic N) is 1. The second kappa shape index (κ2) is 8.80. The highest BCUT2D eigenvalue weighted by molar-refractivity contribution is 7.89. The van der Waals surface area contributed by atoms with Crippen molar-refractivity contribution in [3.05, 3.63) is 59.8 Å². The standard InChI is InChI=1S/C24H27N3O4S/c1-4-17-6-5-7-20-21(15-25-24(17)20)18-10-12-27(13-11-18)32(29,30)19-8-9-23(31-3)22(14-19)26-16(2)28/h5-10,14-15,25H,4,11-13H2,1-3H3,(H,26,28). The van der Waals surface area contributed by atoms with Crippen LogP contribution in [0.3, 0.4) is 0 Å². The summed E-state index contributed by atoms with van der Waals surface area (Å²) in [6, 6.07) is 10.8. The van der Waals surface area contributed by atoms with Crippen LogP contribution in [0.2, 0.25) is 0 Å². The Morgan fingerprint density at radius 2 is 2.06 bits per heavy atom. The molecule has 0 aliphatic carbocycles. The molecule has 0 saturated carbocycles. The molecule has 2 heterocycles. The number of rotatable bonds is 6. The lowest BCUT2D eigenvalue weighted by atomic mass is 9.98. The summed E-state index contributed by atoms with van der Waals surface area (Å²) >= 11 is 0. The van der Waals surface area contributed by atoms with E-state index in [0.717, 1.165) is 23.1 Å². The number of aromatic amines is 1. The van der Waals surface area contributed by atoms with Crippen molar-refractivity contribution in [2.75, 3.05) is 25.5 Å². The molecule has 4 rings (SSSR count). The third kappa shape index (κ3) is 4.03. The summed E-state index contributed by atoms with van der Waals surface area (Å²) in [7, 11) is -2.24.